The van der Waals surface area contributed by atoms with E-state index in [9.17, 15) is 4.79 Å². The van der Waals surface area contributed by atoms with E-state index in [2.05, 4.69) is 32.2 Å². The molecule has 0 radical (unpaired) electrons. The summed E-state index contributed by atoms with van der Waals surface area (Å²) in [5.41, 5.74) is 1.24. The van der Waals surface area contributed by atoms with Gasteiger partial charge in [-0.2, -0.15) is 0 Å². The molecule has 2 aromatic rings. The zero-order chi connectivity index (χ0) is 21.0. The molecule has 3 aliphatic rings. The largest absolute Gasteiger partial charge is 0.378 e. The van der Waals surface area contributed by atoms with Crippen LogP contribution in [0.2, 0.25) is 0 Å². The van der Waals surface area contributed by atoms with Crippen LogP contribution in [0, 0.1) is 11.8 Å². The van der Waals surface area contributed by atoms with Gasteiger partial charge in [0.2, 0.25) is 5.91 Å². The Bertz CT molecular complexity index is 849. The van der Waals surface area contributed by atoms with Crippen molar-refractivity contribution in [3.8, 4) is 0 Å². The number of aromatic nitrogens is 2. The molecule has 166 valence electrons. The summed E-state index contributed by atoms with van der Waals surface area (Å²) in [6.45, 7) is 6.32. The Hall–Kier alpha value is -2.03. The molecule has 2 aliphatic heterocycles. The third-order valence-electron chi connectivity index (χ3n) is 6.53. The molecule has 5 rings (SSSR count). The standard InChI is InChI=1S/C23H31N5O2S/c29-22(18-4-5-18)26-21(23-24-7-13-31-23)19-2-1-8-27(16-19)15-17-3-6-20(25-14-17)28-9-11-30-12-10-28/h3,6-7,13-14,18-19,21H,1-2,4-5,8-12,15-16H2,(H,26,29)/t19-,21-/m1/s1. The topological polar surface area (TPSA) is 70.6 Å². The minimum absolute atomic E-state index is 0.0257. The molecule has 2 aromatic heterocycles. The summed E-state index contributed by atoms with van der Waals surface area (Å²) >= 11 is 1.65. The van der Waals surface area contributed by atoms with E-state index in [0.717, 1.165) is 82.4 Å². The van der Waals surface area contributed by atoms with E-state index in [1.165, 1.54) is 5.56 Å². The van der Waals surface area contributed by atoms with E-state index in [4.69, 9.17) is 9.72 Å². The van der Waals surface area contributed by atoms with Crippen molar-refractivity contribution in [2.24, 2.45) is 11.8 Å². The van der Waals surface area contributed by atoms with Gasteiger partial charge in [-0.05, 0) is 49.8 Å². The molecular formula is C23H31N5O2S. The number of rotatable bonds is 7. The number of amides is 1. The molecular weight excluding hydrogens is 410 g/mol. The third-order valence-corrected chi connectivity index (χ3v) is 7.39. The van der Waals surface area contributed by atoms with Gasteiger partial charge in [0.1, 0.15) is 10.8 Å². The van der Waals surface area contributed by atoms with Crippen LogP contribution in [0.5, 0.6) is 0 Å². The highest BCUT2D eigenvalue weighted by atomic mass is 32.1. The lowest BCUT2D eigenvalue weighted by Crippen LogP contribution is -2.43. The fourth-order valence-electron chi connectivity index (χ4n) is 4.64. The number of thiazole rings is 1. The maximum Gasteiger partial charge on any atom is 0.223 e. The lowest BCUT2D eigenvalue weighted by Gasteiger charge is -2.36. The average molecular weight is 442 g/mol. The summed E-state index contributed by atoms with van der Waals surface area (Å²) < 4.78 is 5.44. The maximum absolute atomic E-state index is 12.5. The van der Waals surface area contributed by atoms with Gasteiger partial charge in [-0.3, -0.25) is 9.69 Å². The molecule has 0 aromatic carbocycles. The second kappa shape index (κ2) is 9.63. The smallest absolute Gasteiger partial charge is 0.223 e. The lowest BCUT2D eigenvalue weighted by molar-refractivity contribution is -0.123. The molecule has 1 aliphatic carbocycles. The molecule has 3 fully saturated rings. The predicted octanol–water partition coefficient (Wildman–Crippen LogP) is 2.85. The number of nitrogens with zero attached hydrogens (tertiary/aromatic N) is 4. The predicted molar refractivity (Wildman–Crippen MR) is 121 cm³/mol. The van der Waals surface area contributed by atoms with Crippen LogP contribution in [0.3, 0.4) is 0 Å². The third kappa shape index (κ3) is 5.25. The summed E-state index contributed by atoms with van der Waals surface area (Å²) in [6.07, 6.45) is 8.19. The fraction of sp³-hybridized carbons (Fsp3) is 0.609. The summed E-state index contributed by atoms with van der Waals surface area (Å²) in [4.78, 5) is 26.6. The highest BCUT2D eigenvalue weighted by Crippen LogP contribution is 2.34. The molecule has 8 heteroatoms. The first-order valence-electron chi connectivity index (χ1n) is 11.5. The van der Waals surface area contributed by atoms with Gasteiger partial charge in [0.05, 0.1) is 19.3 Å². The van der Waals surface area contributed by atoms with Crippen LogP contribution in [-0.4, -0.2) is 60.2 Å². The van der Waals surface area contributed by atoms with Crippen molar-refractivity contribution >= 4 is 23.1 Å². The molecule has 0 spiro atoms. The van der Waals surface area contributed by atoms with Gasteiger partial charge in [-0.1, -0.05) is 6.07 Å². The molecule has 7 nitrogen and oxygen atoms in total. The number of ether oxygens (including phenoxy) is 1. The van der Waals surface area contributed by atoms with E-state index in [-0.39, 0.29) is 17.9 Å². The molecule has 0 bridgehead atoms. The van der Waals surface area contributed by atoms with Crippen LogP contribution in [0.4, 0.5) is 5.82 Å². The second-order valence-electron chi connectivity index (χ2n) is 8.89. The SMILES string of the molecule is O=C(N[C@@H](c1nccs1)[C@@H]1CCCN(Cc2ccc(N3CCOCC3)nc2)C1)C1CC1. The zero-order valence-corrected chi connectivity index (χ0v) is 18.7. The van der Waals surface area contributed by atoms with E-state index in [0.29, 0.717) is 5.92 Å². The Labute approximate surface area is 187 Å². The summed E-state index contributed by atoms with van der Waals surface area (Å²) in [5.74, 6) is 1.86. The molecule has 2 atom stereocenters. The molecule has 4 heterocycles. The van der Waals surface area contributed by atoms with Gasteiger partial charge < -0.3 is 15.0 Å². The number of nitrogens with one attached hydrogen (secondary N) is 1. The first-order chi connectivity index (χ1) is 15.3. The monoisotopic (exact) mass is 441 g/mol. The highest BCUT2D eigenvalue weighted by molar-refractivity contribution is 7.09. The van der Waals surface area contributed by atoms with E-state index in [1.807, 2.05) is 17.8 Å². The summed E-state index contributed by atoms with van der Waals surface area (Å²) in [7, 11) is 0. The number of carbonyl (C=O) groups is 1. The zero-order valence-electron chi connectivity index (χ0n) is 17.9. The van der Waals surface area contributed by atoms with Gasteiger partial charge in [0.25, 0.3) is 0 Å². The molecule has 2 saturated heterocycles. The van der Waals surface area contributed by atoms with Crippen molar-refractivity contribution in [3.63, 3.8) is 0 Å². The molecule has 31 heavy (non-hydrogen) atoms. The average Bonchev–Trinajstić information content (AvgIpc) is 3.53. The van der Waals surface area contributed by atoms with Crippen LogP contribution in [0.25, 0.3) is 0 Å². The Balaban J connectivity index is 1.22. The van der Waals surface area contributed by atoms with Gasteiger partial charge >= 0.3 is 0 Å². The van der Waals surface area contributed by atoms with E-state index < -0.39 is 0 Å². The molecule has 0 unspecified atom stereocenters. The van der Waals surface area contributed by atoms with E-state index >= 15 is 0 Å². The maximum atomic E-state index is 12.5. The van der Waals surface area contributed by atoms with Crippen molar-refractivity contribution < 1.29 is 9.53 Å². The minimum atomic E-state index is 0.0257. The van der Waals surface area contributed by atoms with Gasteiger partial charge in [0, 0.05) is 49.9 Å². The van der Waals surface area contributed by atoms with Crippen LogP contribution in [0.15, 0.2) is 29.9 Å². The number of hydrogen-bond acceptors (Lipinski definition) is 7. The van der Waals surface area contributed by atoms with Gasteiger partial charge in [-0.25, -0.2) is 9.97 Å². The minimum Gasteiger partial charge on any atom is -0.378 e. The van der Waals surface area contributed by atoms with Gasteiger partial charge in [0.15, 0.2) is 0 Å². The summed E-state index contributed by atoms with van der Waals surface area (Å²) in [6, 6.07) is 4.36. The van der Waals surface area contributed by atoms with Gasteiger partial charge in [-0.15, -0.1) is 11.3 Å². The molecule has 1 saturated carbocycles. The first kappa shape index (κ1) is 20.8. The van der Waals surface area contributed by atoms with Crippen LogP contribution < -0.4 is 10.2 Å². The summed E-state index contributed by atoms with van der Waals surface area (Å²) in [5, 5.41) is 6.38. The number of pyridine rings is 1. The Morgan fingerprint density at radius 3 is 2.77 bits per heavy atom. The number of hydrogen-bond donors (Lipinski definition) is 1. The number of piperidine rings is 1. The van der Waals surface area contributed by atoms with Crippen molar-refractivity contribution in [2.45, 2.75) is 38.3 Å². The van der Waals surface area contributed by atoms with Crippen molar-refractivity contribution in [1.29, 1.82) is 0 Å². The van der Waals surface area contributed by atoms with Crippen LogP contribution in [0.1, 0.15) is 42.3 Å². The highest BCUT2D eigenvalue weighted by Gasteiger charge is 2.36. The number of carbonyl (C=O) groups excluding carboxylic acids is 1. The van der Waals surface area contributed by atoms with Crippen LogP contribution >= 0.6 is 11.3 Å². The van der Waals surface area contributed by atoms with Crippen molar-refractivity contribution in [3.05, 3.63) is 40.5 Å². The quantitative estimate of drug-likeness (QED) is 0.713. The number of morpholine rings is 1. The van der Waals surface area contributed by atoms with E-state index in [1.54, 1.807) is 11.3 Å². The normalized spacial score (nSPS) is 23.5. The fourth-order valence-corrected chi connectivity index (χ4v) is 5.42. The Morgan fingerprint density at radius 1 is 1.19 bits per heavy atom. The lowest BCUT2D eigenvalue weighted by atomic mass is 9.90. The van der Waals surface area contributed by atoms with Crippen LogP contribution in [-0.2, 0) is 16.1 Å². The Kier molecular flexibility index (Phi) is 6.47. The van der Waals surface area contributed by atoms with Crippen molar-refractivity contribution in [2.75, 3.05) is 44.3 Å². The molecule has 1 amide bonds. The second-order valence-corrected chi connectivity index (χ2v) is 9.82. The van der Waals surface area contributed by atoms with Crippen molar-refractivity contribution in [1.82, 2.24) is 20.2 Å². The number of likely N-dealkylation sites (tertiary alicyclic amines) is 1. The molecule has 1 N–H and O–H groups in total. The first-order valence-corrected chi connectivity index (χ1v) is 12.3. The number of anilines is 1. The Morgan fingerprint density at radius 2 is 2.06 bits per heavy atom.